The highest BCUT2D eigenvalue weighted by atomic mass is 16.5. The third kappa shape index (κ3) is 4.21. The summed E-state index contributed by atoms with van der Waals surface area (Å²) in [4.78, 5) is 20.1. The molecule has 28 heavy (non-hydrogen) atoms. The molecule has 0 radical (unpaired) electrons. The van der Waals surface area contributed by atoms with Crippen LogP contribution in [0.4, 0.5) is 0 Å². The minimum absolute atomic E-state index is 0.253. The molecule has 1 unspecified atom stereocenters. The summed E-state index contributed by atoms with van der Waals surface area (Å²) >= 11 is 0. The molecule has 0 bridgehead atoms. The number of hydrogen-bond acceptors (Lipinski definition) is 3. The number of carbonyl (C=O) groups is 1. The Morgan fingerprint density at radius 3 is 2.68 bits per heavy atom. The number of benzene rings is 1. The zero-order valence-electron chi connectivity index (χ0n) is 16.8. The van der Waals surface area contributed by atoms with Crippen molar-refractivity contribution in [2.45, 2.75) is 50.9 Å². The Kier molecular flexibility index (Phi) is 5.94. The van der Waals surface area contributed by atoms with E-state index in [1.807, 2.05) is 24.3 Å². The first-order valence-electron chi connectivity index (χ1n) is 10.6. The van der Waals surface area contributed by atoms with Crippen LogP contribution in [-0.4, -0.2) is 36.0 Å². The number of nitrogens with zero attached hydrogens (tertiary/aromatic N) is 2. The molecule has 1 aliphatic heterocycles. The zero-order valence-corrected chi connectivity index (χ0v) is 16.8. The lowest BCUT2D eigenvalue weighted by molar-refractivity contribution is -0.137. The molecule has 4 nitrogen and oxygen atoms in total. The maximum atomic E-state index is 13.0. The van der Waals surface area contributed by atoms with E-state index in [0.717, 1.165) is 61.5 Å². The SMILES string of the molecule is COc1cccc(-c2cccc(C3CCCN(C(=O)C4CCCCC4)C3)n2)c1. The van der Waals surface area contributed by atoms with E-state index in [4.69, 9.17) is 9.72 Å². The molecular weight excluding hydrogens is 348 g/mol. The molecule has 0 spiro atoms. The normalized spacial score (nSPS) is 20.8. The summed E-state index contributed by atoms with van der Waals surface area (Å²) in [6.45, 7) is 1.71. The number of hydrogen-bond donors (Lipinski definition) is 0. The molecule has 0 N–H and O–H groups in total. The van der Waals surface area contributed by atoms with Gasteiger partial charge in [-0.1, -0.05) is 37.5 Å². The predicted octanol–water partition coefficient (Wildman–Crippen LogP) is 5.04. The van der Waals surface area contributed by atoms with Gasteiger partial charge in [0, 0.05) is 36.2 Å². The molecule has 148 valence electrons. The third-order valence-electron chi connectivity index (χ3n) is 6.24. The number of amides is 1. The van der Waals surface area contributed by atoms with Crippen LogP contribution in [0.2, 0.25) is 0 Å². The number of aromatic nitrogens is 1. The van der Waals surface area contributed by atoms with Gasteiger partial charge in [0.15, 0.2) is 0 Å². The number of likely N-dealkylation sites (tertiary alicyclic amines) is 1. The standard InChI is InChI=1S/C24H30N2O2/c1-28-21-12-5-10-19(16-21)22-13-6-14-23(25-22)20-11-7-15-26(17-20)24(27)18-8-3-2-4-9-18/h5-6,10,12-14,16,18,20H,2-4,7-9,11,15,17H2,1H3. The van der Waals surface area contributed by atoms with Crippen LogP contribution in [0.25, 0.3) is 11.3 Å². The fraction of sp³-hybridized carbons (Fsp3) is 0.500. The van der Waals surface area contributed by atoms with Crippen molar-refractivity contribution in [3.8, 4) is 17.0 Å². The second kappa shape index (κ2) is 8.76. The van der Waals surface area contributed by atoms with E-state index in [-0.39, 0.29) is 5.92 Å². The summed E-state index contributed by atoms with van der Waals surface area (Å²) in [5, 5.41) is 0. The van der Waals surface area contributed by atoms with Crippen molar-refractivity contribution in [1.29, 1.82) is 0 Å². The Hall–Kier alpha value is -2.36. The highest BCUT2D eigenvalue weighted by molar-refractivity contribution is 5.79. The second-order valence-electron chi connectivity index (χ2n) is 8.14. The van der Waals surface area contributed by atoms with E-state index in [0.29, 0.717) is 11.8 Å². The zero-order chi connectivity index (χ0) is 19.3. The Labute approximate surface area is 167 Å². The van der Waals surface area contributed by atoms with Crippen LogP contribution in [-0.2, 0) is 4.79 Å². The summed E-state index contributed by atoms with van der Waals surface area (Å²) in [6, 6.07) is 14.3. The quantitative estimate of drug-likeness (QED) is 0.748. The van der Waals surface area contributed by atoms with Gasteiger partial charge in [-0.15, -0.1) is 0 Å². The van der Waals surface area contributed by atoms with Gasteiger partial charge in [0.25, 0.3) is 0 Å². The van der Waals surface area contributed by atoms with Crippen molar-refractivity contribution in [2.24, 2.45) is 5.92 Å². The number of rotatable bonds is 4. The van der Waals surface area contributed by atoms with Crippen molar-refractivity contribution in [1.82, 2.24) is 9.88 Å². The summed E-state index contributed by atoms with van der Waals surface area (Å²) in [6.07, 6.45) is 8.01. The lowest BCUT2D eigenvalue weighted by Gasteiger charge is -2.35. The summed E-state index contributed by atoms with van der Waals surface area (Å²) in [7, 11) is 1.68. The molecule has 1 aliphatic carbocycles. The minimum Gasteiger partial charge on any atom is -0.497 e. The van der Waals surface area contributed by atoms with Crippen molar-refractivity contribution in [3.63, 3.8) is 0 Å². The Morgan fingerprint density at radius 2 is 1.86 bits per heavy atom. The summed E-state index contributed by atoms with van der Waals surface area (Å²) in [5.74, 6) is 1.80. The van der Waals surface area contributed by atoms with Gasteiger partial charge < -0.3 is 9.64 Å². The largest absolute Gasteiger partial charge is 0.497 e. The minimum atomic E-state index is 0.253. The van der Waals surface area contributed by atoms with Crippen molar-refractivity contribution in [2.75, 3.05) is 20.2 Å². The fourth-order valence-corrected chi connectivity index (χ4v) is 4.65. The molecule has 2 aromatic rings. The number of ether oxygens (including phenoxy) is 1. The second-order valence-corrected chi connectivity index (χ2v) is 8.14. The van der Waals surface area contributed by atoms with E-state index in [1.165, 1.54) is 19.3 Å². The smallest absolute Gasteiger partial charge is 0.225 e. The highest BCUT2D eigenvalue weighted by Crippen LogP contribution is 2.31. The van der Waals surface area contributed by atoms with Gasteiger partial charge >= 0.3 is 0 Å². The fourth-order valence-electron chi connectivity index (χ4n) is 4.65. The molecule has 1 amide bonds. The molecule has 1 atom stereocenters. The van der Waals surface area contributed by atoms with Crippen LogP contribution in [0, 0.1) is 5.92 Å². The van der Waals surface area contributed by atoms with Crippen LogP contribution in [0.1, 0.15) is 56.6 Å². The molecule has 4 rings (SSSR count). The first kappa shape index (κ1) is 19.0. The van der Waals surface area contributed by atoms with Crippen molar-refractivity contribution in [3.05, 3.63) is 48.2 Å². The van der Waals surface area contributed by atoms with Gasteiger partial charge in [-0.05, 0) is 49.9 Å². The van der Waals surface area contributed by atoms with Gasteiger partial charge in [-0.25, -0.2) is 0 Å². The van der Waals surface area contributed by atoms with Crippen LogP contribution >= 0.6 is 0 Å². The highest BCUT2D eigenvalue weighted by Gasteiger charge is 2.30. The maximum Gasteiger partial charge on any atom is 0.225 e. The topological polar surface area (TPSA) is 42.4 Å². The van der Waals surface area contributed by atoms with Crippen LogP contribution in [0.3, 0.4) is 0 Å². The number of carbonyl (C=O) groups excluding carboxylic acids is 1. The van der Waals surface area contributed by atoms with Gasteiger partial charge in [-0.3, -0.25) is 9.78 Å². The molecule has 1 aromatic carbocycles. The van der Waals surface area contributed by atoms with Crippen LogP contribution in [0.5, 0.6) is 5.75 Å². The molecular formula is C24H30N2O2. The van der Waals surface area contributed by atoms with Gasteiger partial charge in [0.2, 0.25) is 5.91 Å². The third-order valence-corrected chi connectivity index (χ3v) is 6.24. The van der Waals surface area contributed by atoms with Crippen molar-refractivity contribution >= 4 is 5.91 Å². The Balaban J connectivity index is 1.49. The Morgan fingerprint density at radius 1 is 1.04 bits per heavy atom. The average Bonchev–Trinajstić information content (AvgIpc) is 2.79. The van der Waals surface area contributed by atoms with E-state index in [2.05, 4.69) is 23.1 Å². The van der Waals surface area contributed by atoms with Crippen LogP contribution in [0.15, 0.2) is 42.5 Å². The number of pyridine rings is 1. The van der Waals surface area contributed by atoms with E-state index in [1.54, 1.807) is 7.11 Å². The Bertz CT molecular complexity index is 814. The van der Waals surface area contributed by atoms with Gasteiger partial charge in [0.1, 0.15) is 5.75 Å². The molecule has 1 saturated heterocycles. The van der Waals surface area contributed by atoms with E-state index >= 15 is 0 Å². The van der Waals surface area contributed by atoms with Crippen LogP contribution < -0.4 is 4.74 Å². The van der Waals surface area contributed by atoms with Gasteiger partial charge in [0.05, 0.1) is 12.8 Å². The molecule has 2 fully saturated rings. The average molecular weight is 379 g/mol. The molecule has 2 aliphatic rings. The summed E-state index contributed by atoms with van der Waals surface area (Å²) in [5.41, 5.74) is 3.13. The number of methoxy groups -OCH3 is 1. The molecule has 1 aromatic heterocycles. The van der Waals surface area contributed by atoms with Crippen molar-refractivity contribution < 1.29 is 9.53 Å². The maximum absolute atomic E-state index is 13.0. The molecule has 4 heteroatoms. The summed E-state index contributed by atoms with van der Waals surface area (Å²) < 4.78 is 5.35. The number of piperidine rings is 1. The molecule has 2 heterocycles. The first-order valence-corrected chi connectivity index (χ1v) is 10.6. The van der Waals surface area contributed by atoms with E-state index in [9.17, 15) is 4.79 Å². The monoisotopic (exact) mass is 378 g/mol. The first-order chi connectivity index (χ1) is 13.7. The van der Waals surface area contributed by atoms with E-state index < -0.39 is 0 Å². The lowest BCUT2D eigenvalue weighted by Crippen LogP contribution is -2.43. The predicted molar refractivity (Wildman–Crippen MR) is 111 cm³/mol. The molecule has 1 saturated carbocycles. The lowest BCUT2D eigenvalue weighted by atomic mass is 9.86. The van der Waals surface area contributed by atoms with Gasteiger partial charge in [-0.2, -0.15) is 0 Å².